The molecule has 1 saturated heterocycles. The van der Waals surface area contributed by atoms with Crippen LogP contribution in [-0.2, 0) is 14.8 Å². The average Bonchev–Trinajstić information content (AvgIpc) is 2.35. The van der Waals surface area contributed by atoms with Crippen molar-refractivity contribution in [1.82, 2.24) is 9.80 Å². The van der Waals surface area contributed by atoms with Gasteiger partial charge in [0, 0.05) is 32.7 Å². The highest BCUT2D eigenvalue weighted by molar-refractivity contribution is 7.89. The van der Waals surface area contributed by atoms with Gasteiger partial charge in [-0.3, -0.25) is 9.69 Å². The third kappa shape index (κ3) is 6.92. The van der Waals surface area contributed by atoms with E-state index >= 15 is 0 Å². The van der Waals surface area contributed by atoms with Gasteiger partial charge in [0.1, 0.15) is 0 Å². The molecular formula is C12H27ClN4O3S. The lowest BCUT2D eigenvalue weighted by molar-refractivity contribution is -0.138. The quantitative estimate of drug-likeness (QED) is 0.667. The molecule has 1 amide bonds. The van der Waals surface area contributed by atoms with E-state index in [4.69, 9.17) is 10.9 Å². The Hall–Kier alpha value is -0.410. The summed E-state index contributed by atoms with van der Waals surface area (Å²) in [5.74, 6) is -0.0729. The first kappa shape index (κ1) is 20.6. The van der Waals surface area contributed by atoms with Gasteiger partial charge in [-0.25, -0.2) is 13.6 Å². The summed E-state index contributed by atoms with van der Waals surface area (Å²) in [5.41, 5.74) is 5.24. The standard InChI is InChI=1S/C12H26N4O3S.ClH/c1-3-4-12(2,13)11(17)16-7-5-15(6-8-16)9-10-20(14,18)19;/h3-10,13H2,1-2H3,(H2,14,18,19);1H. The van der Waals surface area contributed by atoms with Crippen molar-refractivity contribution >= 4 is 28.3 Å². The Morgan fingerprint density at radius 3 is 2.19 bits per heavy atom. The second-order valence-corrected chi connectivity index (χ2v) is 7.40. The molecule has 0 spiro atoms. The average molecular weight is 343 g/mol. The van der Waals surface area contributed by atoms with Crippen molar-refractivity contribution < 1.29 is 13.2 Å². The molecule has 1 aliphatic heterocycles. The molecule has 0 saturated carbocycles. The summed E-state index contributed by atoms with van der Waals surface area (Å²) in [7, 11) is -3.43. The second-order valence-electron chi connectivity index (χ2n) is 5.67. The van der Waals surface area contributed by atoms with Crippen molar-refractivity contribution in [3.63, 3.8) is 0 Å². The lowest BCUT2D eigenvalue weighted by atomic mass is 9.95. The molecule has 126 valence electrons. The highest BCUT2D eigenvalue weighted by Gasteiger charge is 2.33. The molecule has 1 unspecified atom stereocenters. The molecule has 1 heterocycles. The zero-order valence-electron chi connectivity index (χ0n) is 12.7. The molecule has 1 atom stereocenters. The van der Waals surface area contributed by atoms with Crippen LogP contribution in [0.2, 0.25) is 0 Å². The van der Waals surface area contributed by atoms with Crippen LogP contribution in [0.25, 0.3) is 0 Å². The first-order valence-electron chi connectivity index (χ1n) is 6.97. The normalized spacial score (nSPS) is 19.7. The number of hydrogen-bond acceptors (Lipinski definition) is 5. The van der Waals surface area contributed by atoms with Gasteiger partial charge in [0.2, 0.25) is 15.9 Å². The molecule has 1 aliphatic rings. The number of primary sulfonamides is 1. The largest absolute Gasteiger partial charge is 0.339 e. The Morgan fingerprint density at radius 1 is 1.24 bits per heavy atom. The summed E-state index contributed by atoms with van der Waals surface area (Å²) in [5, 5.41) is 4.98. The third-order valence-electron chi connectivity index (χ3n) is 3.61. The van der Waals surface area contributed by atoms with Gasteiger partial charge in [-0.05, 0) is 13.3 Å². The number of hydrogen-bond donors (Lipinski definition) is 2. The van der Waals surface area contributed by atoms with Crippen molar-refractivity contribution in [2.24, 2.45) is 10.9 Å². The fourth-order valence-electron chi connectivity index (χ4n) is 2.42. The van der Waals surface area contributed by atoms with Crippen molar-refractivity contribution in [1.29, 1.82) is 0 Å². The second kappa shape index (κ2) is 8.28. The van der Waals surface area contributed by atoms with Crippen LogP contribution in [-0.4, -0.2) is 68.1 Å². The maximum atomic E-state index is 12.3. The van der Waals surface area contributed by atoms with Gasteiger partial charge >= 0.3 is 0 Å². The summed E-state index contributed by atoms with van der Waals surface area (Å²) < 4.78 is 21.8. The zero-order chi connectivity index (χ0) is 15.4. The number of carbonyl (C=O) groups is 1. The molecule has 0 aromatic rings. The summed E-state index contributed by atoms with van der Waals surface area (Å²) in [4.78, 5) is 16.1. The molecule has 1 rings (SSSR count). The van der Waals surface area contributed by atoms with Crippen LogP contribution in [0.15, 0.2) is 0 Å². The van der Waals surface area contributed by atoms with E-state index in [1.807, 2.05) is 11.8 Å². The predicted octanol–water partition coefficient (Wildman–Crippen LogP) is -0.642. The Morgan fingerprint density at radius 2 is 1.76 bits per heavy atom. The lowest BCUT2D eigenvalue weighted by Crippen LogP contribution is -2.58. The van der Waals surface area contributed by atoms with Crippen molar-refractivity contribution in [2.75, 3.05) is 38.5 Å². The number of nitrogens with two attached hydrogens (primary N) is 2. The zero-order valence-corrected chi connectivity index (χ0v) is 14.4. The van der Waals surface area contributed by atoms with Crippen molar-refractivity contribution in [3.8, 4) is 0 Å². The number of amides is 1. The molecule has 7 nitrogen and oxygen atoms in total. The molecule has 0 aromatic heterocycles. The maximum Gasteiger partial charge on any atom is 0.242 e. The predicted molar refractivity (Wildman–Crippen MR) is 85.7 cm³/mol. The molecule has 0 aromatic carbocycles. The summed E-state index contributed by atoms with van der Waals surface area (Å²) in [6, 6.07) is 0. The Kier molecular flexibility index (Phi) is 8.12. The van der Waals surface area contributed by atoms with Crippen LogP contribution in [0.4, 0.5) is 0 Å². The smallest absolute Gasteiger partial charge is 0.242 e. The van der Waals surface area contributed by atoms with Crippen LogP contribution in [0, 0.1) is 0 Å². The molecule has 21 heavy (non-hydrogen) atoms. The SMILES string of the molecule is CCCC(C)(N)C(=O)N1CCN(CCS(N)(=O)=O)CC1.Cl. The van der Waals surface area contributed by atoms with Gasteiger partial charge < -0.3 is 10.6 Å². The Balaban J connectivity index is 0.00000400. The molecule has 4 N–H and O–H groups in total. The van der Waals surface area contributed by atoms with Gasteiger partial charge in [-0.1, -0.05) is 13.3 Å². The number of piperazine rings is 1. The fraction of sp³-hybridized carbons (Fsp3) is 0.917. The Bertz CT molecular complexity index is 434. The van der Waals surface area contributed by atoms with Crippen LogP contribution >= 0.6 is 12.4 Å². The summed E-state index contributed by atoms with van der Waals surface area (Å²) >= 11 is 0. The molecule has 0 aliphatic carbocycles. The number of sulfonamides is 1. The van der Waals surface area contributed by atoms with E-state index in [1.165, 1.54) is 0 Å². The maximum absolute atomic E-state index is 12.3. The summed E-state index contributed by atoms with van der Waals surface area (Å²) in [6.45, 7) is 6.67. The van der Waals surface area contributed by atoms with Crippen molar-refractivity contribution in [3.05, 3.63) is 0 Å². The highest BCUT2D eigenvalue weighted by atomic mass is 35.5. The van der Waals surface area contributed by atoms with Crippen LogP contribution < -0.4 is 10.9 Å². The molecule has 1 fully saturated rings. The van der Waals surface area contributed by atoms with Gasteiger partial charge in [0.15, 0.2) is 0 Å². The topological polar surface area (TPSA) is 110 Å². The van der Waals surface area contributed by atoms with Crippen LogP contribution in [0.5, 0.6) is 0 Å². The van der Waals surface area contributed by atoms with Gasteiger partial charge in [-0.15, -0.1) is 12.4 Å². The first-order valence-corrected chi connectivity index (χ1v) is 8.68. The minimum atomic E-state index is -3.43. The van der Waals surface area contributed by atoms with E-state index in [2.05, 4.69) is 0 Å². The molecular weight excluding hydrogens is 316 g/mol. The van der Waals surface area contributed by atoms with E-state index < -0.39 is 15.6 Å². The first-order chi connectivity index (χ1) is 9.15. The Labute approximate surface area is 133 Å². The number of carbonyl (C=O) groups excluding carboxylic acids is 1. The van der Waals surface area contributed by atoms with Crippen molar-refractivity contribution in [2.45, 2.75) is 32.2 Å². The number of rotatable bonds is 6. The molecule has 0 bridgehead atoms. The molecule has 9 heteroatoms. The minimum absolute atomic E-state index is 0. The number of halogens is 1. The fourth-order valence-corrected chi connectivity index (χ4v) is 2.93. The minimum Gasteiger partial charge on any atom is -0.339 e. The lowest BCUT2D eigenvalue weighted by Gasteiger charge is -2.38. The van der Waals surface area contributed by atoms with E-state index in [0.29, 0.717) is 39.1 Å². The van der Waals surface area contributed by atoms with E-state index in [9.17, 15) is 13.2 Å². The van der Waals surface area contributed by atoms with Crippen LogP contribution in [0.1, 0.15) is 26.7 Å². The summed E-state index contributed by atoms with van der Waals surface area (Å²) in [6.07, 6.45) is 1.53. The molecule has 0 radical (unpaired) electrons. The highest BCUT2D eigenvalue weighted by Crippen LogP contribution is 2.14. The number of nitrogens with zero attached hydrogens (tertiary/aromatic N) is 2. The third-order valence-corrected chi connectivity index (χ3v) is 4.36. The van der Waals surface area contributed by atoms with E-state index in [-0.39, 0.29) is 24.1 Å². The van der Waals surface area contributed by atoms with E-state index in [1.54, 1.807) is 11.8 Å². The monoisotopic (exact) mass is 342 g/mol. The van der Waals surface area contributed by atoms with Gasteiger partial charge in [-0.2, -0.15) is 0 Å². The van der Waals surface area contributed by atoms with Crippen LogP contribution in [0.3, 0.4) is 0 Å². The van der Waals surface area contributed by atoms with Gasteiger partial charge in [0.05, 0.1) is 11.3 Å². The van der Waals surface area contributed by atoms with E-state index in [0.717, 1.165) is 6.42 Å². The van der Waals surface area contributed by atoms with Gasteiger partial charge in [0.25, 0.3) is 0 Å².